The molecule has 31 heavy (non-hydrogen) atoms. The standard InChI is InChI=1S/C22H29N3O5S/c1-15(2)13-19(24-21(27)30-22(3,4)5)20(26)25-31(28,29)18-8-6-7-17(14-18)16-9-11-23-12-10-16/h6-12,14-15,19H,13H2,1-5H3,(H,24,27)(H,25,26)/t19-/m0/s1. The van der Waals surface area contributed by atoms with Crippen LogP contribution in [-0.2, 0) is 19.6 Å². The van der Waals surface area contributed by atoms with Crippen LogP contribution in [0.3, 0.4) is 0 Å². The van der Waals surface area contributed by atoms with Crippen molar-refractivity contribution in [3.63, 3.8) is 0 Å². The van der Waals surface area contributed by atoms with Gasteiger partial charge in [0.1, 0.15) is 11.6 Å². The van der Waals surface area contributed by atoms with Gasteiger partial charge in [0.05, 0.1) is 4.90 Å². The Morgan fingerprint density at radius 2 is 1.71 bits per heavy atom. The Balaban J connectivity index is 2.21. The average molecular weight is 448 g/mol. The van der Waals surface area contributed by atoms with Gasteiger partial charge < -0.3 is 10.1 Å². The number of pyridine rings is 1. The second kappa shape index (κ2) is 9.91. The number of carbonyl (C=O) groups is 2. The Hall–Kier alpha value is -2.94. The van der Waals surface area contributed by atoms with Gasteiger partial charge in [0.15, 0.2) is 0 Å². The molecule has 9 heteroatoms. The number of amides is 2. The molecule has 0 radical (unpaired) electrons. The number of benzene rings is 1. The highest BCUT2D eigenvalue weighted by atomic mass is 32.2. The molecule has 0 aliphatic heterocycles. The van der Waals surface area contributed by atoms with Gasteiger partial charge in [-0.1, -0.05) is 26.0 Å². The summed E-state index contributed by atoms with van der Waals surface area (Å²) in [7, 11) is -4.15. The molecule has 1 aromatic heterocycles. The first-order chi connectivity index (χ1) is 14.4. The van der Waals surface area contributed by atoms with Gasteiger partial charge in [-0.25, -0.2) is 17.9 Å². The van der Waals surface area contributed by atoms with E-state index in [0.29, 0.717) is 5.56 Å². The molecule has 2 amide bonds. The van der Waals surface area contributed by atoms with Crippen LogP contribution in [0.2, 0.25) is 0 Å². The average Bonchev–Trinajstić information content (AvgIpc) is 2.66. The molecule has 0 saturated carbocycles. The molecule has 0 aliphatic carbocycles. The van der Waals surface area contributed by atoms with Crippen molar-refractivity contribution >= 4 is 22.0 Å². The lowest BCUT2D eigenvalue weighted by molar-refractivity contribution is -0.121. The highest BCUT2D eigenvalue weighted by Gasteiger charge is 2.28. The van der Waals surface area contributed by atoms with Crippen molar-refractivity contribution in [2.75, 3.05) is 0 Å². The number of rotatable bonds is 7. The van der Waals surface area contributed by atoms with Crippen LogP contribution >= 0.6 is 0 Å². The normalized spacial score (nSPS) is 12.8. The number of nitrogens with one attached hydrogen (secondary N) is 2. The minimum Gasteiger partial charge on any atom is -0.444 e. The van der Waals surface area contributed by atoms with E-state index in [1.807, 2.05) is 13.8 Å². The molecule has 0 bridgehead atoms. The molecule has 0 saturated heterocycles. The smallest absolute Gasteiger partial charge is 0.408 e. The number of alkyl carbamates (subject to hydrolysis) is 1. The summed E-state index contributed by atoms with van der Waals surface area (Å²) in [4.78, 5) is 28.8. The van der Waals surface area contributed by atoms with Crippen molar-refractivity contribution in [1.82, 2.24) is 15.0 Å². The van der Waals surface area contributed by atoms with Gasteiger partial charge >= 0.3 is 6.09 Å². The summed E-state index contributed by atoms with van der Waals surface area (Å²) < 4.78 is 33.0. The molecular weight excluding hydrogens is 418 g/mol. The molecule has 2 rings (SSSR count). The summed E-state index contributed by atoms with van der Waals surface area (Å²) in [6, 6.07) is 8.69. The minimum absolute atomic E-state index is 0.0309. The molecule has 1 atom stereocenters. The molecule has 1 heterocycles. The number of sulfonamides is 1. The zero-order valence-electron chi connectivity index (χ0n) is 18.4. The van der Waals surface area contributed by atoms with Crippen LogP contribution in [0.15, 0.2) is 53.7 Å². The Morgan fingerprint density at radius 1 is 1.06 bits per heavy atom. The largest absolute Gasteiger partial charge is 0.444 e. The van der Waals surface area contributed by atoms with E-state index in [2.05, 4.69) is 15.0 Å². The third-order valence-electron chi connectivity index (χ3n) is 4.11. The van der Waals surface area contributed by atoms with Gasteiger partial charge in [-0.05, 0) is 68.5 Å². The molecule has 0 spiro atoms. The maximum Gasteiger partial charge on any atom is 0.408 e. The van der Waals surface area contributed by atoms with Crippen molar-refractivity contribution in [2.24, 2.45) is 5.92 Å². The summed E-state index contributed by atoms with van der Waals surface area (Å²) in [5.41, 5.74) is 0.716. The lowest BCUT2D eigenvalue weighted by Crippen LogP contribution is -2.50. The molecule has 0 unspecified atom stereocenters. The lowest BCUT2D eigenvalue weighted by atomic mass is 10.0. The monoisotopic (exact) mass is 447 g/mol. The number of carbonyl (C=O) groups excluding carboxylic acids is 2. The topological polar surface area (TPSA) is 114 Å². The van der Waals surface area contributed by atoms with E-state index < -0.39 is 33.7 Å². The van der Waals surface area contributed by atoms with Gasteiger partial charge in [-0.15, -0.1) is 0 Å². The van der Waals surface area contributed by atoms with Crippen molar-refractivity contribution in [2.45, 2.75) is 57.6 Å². The van der Waals surface area contributed by atoms with Crippen molar-refractivity contribution < 1.29 is 22.7 Å². The molecule has 0 aliphatic rings. The number of aromatic nitrogens is 1. The summed E-state index contributed by atoms with van der Waals surface area (Å²) in [6.45, 7) is 8.83. The van der Waals surface area contributed by atoms with E-state index in [1.54, 1.807) is 57.4 Å². The van der Waals surface area contributed by atoms with E-state index >= 15 is 0 Å². The van der Waals surface area contributed by atoms with E-state index in [-0.39, 0.29) is 17.2 Å². The zero-order chi connectivity index (χ0) is 23.2. The van der Waals surface area contributed by atoms with Crippen LogP contribution in [0.5, 0.6) is 0 Å². The van der Waals surface area contributed by atoms with Crippen LogP contribution in [0.1, 0.15) is 41.0 Å². The Kier molecular flexibility index (Phi) is 7.78. The molecule has 168 valence electrons. The highest BCUT2D eigenvalue weighted by Crippen LogP contribution is 2.22. The Labute approximate surface area is 183 Å². The van der Waals surface area contributed by atoms with E-state index in [9.17, 15) is 18.0 Å². The fraction of sp³-hybridized carbons (Fsp3) is 0.409. The molecule has 1 aromatic carbocycles. The van der Waals surface area contributed by atoms with Crippen LogP contribution in [0.25, 0.3) is 11.1 Å². The molecule has 2 aromatic rings. The summed E-state index contributed by atoms with van der Waals surface area (Å²) in [5, 5.41) is 2.47. The number of hydrogen-bond donors (Lipinski definition) is 2. The predicted molar refractivity (Wildman–Crippen MR) is 118 cm³/mol. The lowest BCUT2D eigenvalue weighted by Gasteiger charge is -2.24. The third kappa shape index (κ3) is 7.67. The van der Waals surface area contributed by atoms with Crippen molar-refractivity contribution in [3.05, 3.63) is 48.8 Å². The first kappa shape index (κ1) is 24.3. The molecule has 2 N–H and O–H groups in total. The second-order valence-electron chi connectivity index (χ2n) is 8.56. The van der Waals surface area contributed by atoms with Gasteiger partial charge in [0.25, 0.3) is 15.9 Å². The SMILES string of the molecule is CC(C)C[C@H](NC(=O)OC(C)(C)C)C(=O)NS(=O)(=O)c1cccc(-c2ccncc2)c1. The molecular formula is C22H29N3O5S. The van der Waals surface area contributed by atoms with E-state index in [0.717, 1.165) is 5.56 Å². The zero-order valence-corrected chi connectivity index (χ0v) is 19.2. The third-order valence-corrected chi connectivity index (χ3v) is 5.45. The number of nitrogens with zero attached hydrogens (tertiary/aromatic N) is 1. The maximum absolute atomic E-state index is 12.8. The number of ether oxygens (including phenoxy) is 1. The number of hydrogen-bond acceptors (Lipinski definition) is 6. The van der Waals surface area contributed by atoms with E-state index in [4.69, 9.17) is 4.74 Å². The fourth-order valence-corrected chi connectivity index (χ4v) is 3.87. The van der Waals surface area contributed by atoms with Gasteiger partial charge in [-0.2, -0.15) is 0 Å². The van der Waals surface area contributed by atoms with Crippen molar-refractivity contribution in [1.29, 1.82) is 0 Å². The van der Waals surface area contributed by atoms with Crippen molar-refractivity contribution in [3.8, 4) is 11.1 Å². The first-order valence-corrected chi connectivity index (χ1v) is 11.4. The minimum atomic E-state index is -4.15. The molecule has 0 fully saturated rings. The molecule has 8 nitrogen and oxygen atoms in total. The fourth-order valence-electron chi connectivity index (χ4n) is 2.80. The Morgan fingerprint density at radius 3 is 2.29 bits per heavy atom. The summed E-state index contributed by atoms with van der Waals surface area (Å²) in [6.07, 6.45) is 2.68. The summed E-state index contributed by atoms with van der Waals surface area (Å²) in [5.74, 6) is -0.794. The van der Waals surface area contributed by atoms with E-state index in [1.165, 1.54) is 12.1 Å². The van der Waals surface area contributed by atoms with Crippen LogP contribution < -0.4 is 10.0 Å². The highest BCUT2D eigenvalue weighted by molar-refractivity contribution is 7.90. The van der Waals surface area contributed by atoms with Gasteiger partial charge in [0.2, 0.25) is 0 Å². The van der Waals surface area contributed by atoms with Gasteiger partial charge in [0, 0.05) is 12.4 Å². The first-order valence-electron chi connectivity index (χ1n) is 9.94. The summed E-state index contributed by atoms with van der Waals surface area (Å²) >= 11 is 0. The quantitative estimate of drug-likeness (QED) is 0.671. The van der Waals surface area contributed by atoms with Crippen LogP contribution in [0.4, 0.5) is 4.79 Å². The maximum atomic E-state index is 12.8. The Bertz CT molecular complexity index is 1010. The predicted octanol–water partition coefficient (Wildman–Crippen LogP) is 3.49. The second-order valence-corrected chi connectivity index (χ2v) is 10.2. The van der Waals surface area contributed by atoms with Crippen LogP contribution in [0, 0.1) is 5.92 Å². The van der Waals surface area contributed by atoms with Crippen LogP contribution in [-0.4, -0.2) is 37.0 Å². The van der Waals surface area contributed by atoms with Gasteiger partial charge in [-0.3, -0.25) is 9.78 Å².